The molecule has 0 bridgehead atoms. The molecule has 0 fully saturated rings. The predicted molar refractivity (Wildman–Crippen MR) is 61.9 cm³/mol. The van der Waals surface area contributed by atoms with Crippen LogP contribution in [0.1, 0.15) is 25.3 Å². The smallest absolute Gasteiger partial charge is 0.416 e. The van der Waals surface area contributed by atoms with Crippen LogP contribution in [0.2, 0.25) is 0 Å². The van der Waals surface area contributed by atoms with E-state index in [2.05, 4.69) is 6.58 Å². The predicted octanol–water partition coefficient (Wildman–Crippen LogP) is 4.44. The van der Waals surface area contributed by atoms with Gasteiger partial charge in [0.05, 0.1) is 12.2 Å². The third kappa shape index (κ3) is 4.13. The molecule has 0 aliphatic carbocycles. The Morgan fingerprint density at radius 2 is 1.82 bits per heavy atom. The summed E-state index contributed by atoms with van der Waals surface area (Å²) < 4.78 is 42.4. The molecule has 0 aliphatic rings. The first-order valence-electron chi connectivity index (χ1n) is 5.44. The molecule has 17 heavy (non-hydrogen) atoms. The van der Waals surface area contributed by atoms with Crippen molar-refractivity contribution in [2.45, 2.75) is 25.9 Å². The van der Waals surface area contributed by atoms with Crippen molar-refractivity contribution in [2.24, 2.45) is 0 Å². The fraction of sp³-hybridized carbons (Fsp3) is 0.385. The Kier molecular flexibility index (Phi) is 4.61. The lowest BCUT2D eigenvalue weighted by Gasteiger charge is -2.11. The minimum atomic E-state index is -4.38. The van der Waals surface area contributed by atoms with Gasteiger partial charge in [-0.3, -0.25) is 0 Å². The molecular weight excluding hydrogens is 229 g/mol. The molecule has 0 atom stereocenters. The fourth-order valence-corrected chi connectivity index (χ4v) is 1.25. The van der Waals surface area contributed by atoms with E-state index >= 15 is 0 Å². The molecule has 1 aromatic carbocycles. The topological polar surface area (TPSA) is 9.23 Å². The molecule has 0 spiro atoms. The maximum Gasteiger partial charge on any atom is 0.416 e. The molecule has 0 saturated carbocycles. The van der Waals surface area contributed by atoms with Gasteiger partial charge in [-0.25, -0.2) is 0 Å². The average Bonchev–Trinajstić information content (AvgIpc) is 2.28. The standard InChI is InChI=1S/C13H15F3O/c1-3-4-9-17-12-7-5-11(6-8-12)10(2)13(14,15)16/h5-8H,2-4,9H2,1H3. The van der Waals surface area contributed by atoms with Gasteiger partial charge in [-0.15, -0.1) is 0 Å². The maximum absolute atomic E-state index is 12.4. The number of rotatable bonds is 5. The summed E-state index contributed by atoms with van der Waals surface area (Å²) in [6, 6.07) is 5.80. The quantitative estimate of drug-likeness (QED) is 0.696. The number of ether oxygens (including phenoxy) is 1. The van der Waals surface area contributed by atoms with Gasteiger partial charge in [0.25, 0.3) is 0 Å². The minimum Gasteiger partial charge on any atom is -0.494 e. The summed E-state index contributed by atoms with van der Waals surface area (Å²) in [6.07, 6.45) is -2.44. The largest absolute Gasteiger partial charge is 0.494 e. The van der Waals surface area contributed by atoms with E-state index < -0.39 is 11.7 Å². The highest BCUT2D eigenvalue weighted by Gasteiger charge is 2.32. The van der Waals surface area contributed by atoms with Crippen LogP contribution in [0.15, 0.2) is 30.8 Å². The Bertz CT molecular complexity index is 365. The zero-order chi connectivity index (χ0) is 12.9. The molecule has 0 unspecified atom stereocenters. The molecule has 1 rings (SSSR count). The molecule has 1 nitrogen and oxygen atoms in total. The van der Waals surface area contributed by atoms with E-state index in [1.807, 2.05) is 6.92 Å². The summed E-state index contributed by atoms with van der Waals surface area (Å²) in [5, 5.41) is 0. The molecule has 0 heterocycles. The first-order valence-corrected chi connectivity index (χ1v) is 5.44. The van der Waals surface area contributed by atoms with Gasteiger partial charge in [0.2, 0.25) is 0 Å². The zero-order valence-electron chi connectivity index (χ0n) is 9.68. The summed E-state index contributed by atoms with van der Waals surface area (Å²) in [6.45, 7) is 5.66. The summed E-state index contributed by atoms with van der Waals surface area (Å²) in [7, 11) is 0. The van der Waals surface area contributed by atoms with Gasteiger partial charge in [-0.05, 0) is 24.1 Å². The van der Waals surface area contributed by atoms with Crippen LogP contribution in [0.5, 0.6) is 5.75 Å². The van der Waals surface area contributed by atoms with Crippen molar-refractivity contribution >= 4 is 5.57 Å². The van der Waals surface area contributed by atoms with Gasteiger partial charge in [-0.2, -0.15) is 13.2 Å². The van der Waals surface area contributed by atoms with Gasteiger partial charge in [0.15, 0.2) is 0 Å². The Labute approximate surface area is 98.9 Å². The van der Waals surface area contributed by atoms with Crippen LogP contribution >= 0.6 is 0 Å². The fourth-order valence-electron chi connectivity index (χ4n) is 1.25. The second-order valence-electron chi connectivity index (χ2n) is 3.70. The van der Waals surface area contributed by atoms with Gasteiger partial charge in [-0.1, -0.05) is 32.1 Å². The van der Waals surface area contributed by atoms with E-state index in [1.54, 1.807) is 0 Å². The number of hydrogen-bond acceptors (Lipinski definition) is 1. The molecule has 1 aromatic rings. The minimum absolute atomic E-state index is 0.0698. The van der Waals surface area contributed by atoms with E-state index in [-0.39, 0.29) is 5.56 Å². The molecule has 94 valence electrons. The second-order valence-corrected chi connectivity index (χ2v) is 3.70. The van der Waals surface area contributed by atoms with Crippen LogP contribution in [0.3, 0.4) is 0 Å². The van der Waals surface area contributed by atoms with Crippen molar-refractivity contribution in [3.05, 3.63) is 36.4 Å². The SMILES string of the molecule is C=C(c1ccc(OCCCC)cc1)C(F)(F)F. The third-order valence-corrected chi connectivity index (χ3v) is 2.31. The van der Waals surface area contributed by atoms with Crippen molar-refractivity contribution in [1.82, 2.24) is 0 Å². The first kappa shape index (κ1) is 13.6. The lowest BCUT2D eigenvalue weighted by Crippen LogP contribution is -2.09. The van der Waals surface area contributed by atoms with Crippen LogP contribution in [0.25, 0.3) is 5.57 Å². The number of unbranched alkanes of at least 4 members (excludes halogenated alkanes) is 1. The van der Waals surface area contributed by atoms with E-state index in [4.69, 9.17) is 4.74 Å². The molecule has 0 radical (unpaired) electrons. The summed E-state index contributed by atoms with van der Waals surface area (Å²) >= 11 is 0. The van der Waals surface area contributed by atoms with Crippen molar-refractivity contribution < 1.29 is 17.9 Å². The zero-order valence-corrected chi connectivity index (χ0v) is 9.68. The van der Waals surface area contributed by atoms with Crippen molar-refractivity contribution in [2.75, 3.05) is 6.61 Å². The van der Waals surface area contributed by atoms with E-state index in [9.17, 15) is 13.2 Å². The lowest BCUT2D eigenvalue weighted by atomic mass is 10.1. The molecule has 0 amide bonds. The van der Waals surface area contributed by atoms with Crippen LogP contribution in [-0.4, -0.2) is 12.8 Å². The van der Waals surface area contributed by atoms with Crippen LogP contribution < -0.4 is 4.74 Å². The van der Waals surface area contributed by atoms with Crippen LogP contribution in [0, 0.1) is 0 Å². The van der Waals surface area contributed by atoms with E-state index in [0.29, 0.717) is 12.4 Å². The van der Waals surface area contributed by atoms with Crippen LogP contribution in [-0.2, 0) is 0 Å². The monoisotopic (exact) mass is 244 g/mol. The van der Waals surface area contributed by atoms with E-state index in [0.717, 1.165) is 12.8 Å². The van der Waals surface area contributed by atoms with E-state index in [1.165, 1.54) is 24.3 Å². The number of alkyl halides is 3. The summed E-state index contributed by atoms with van der Waals surface area (Å²) in [5.74, 6) is 0.581. The van der Waals surface area contributed by atoms with Crippen molar-refractivity contribution in [3.8, 4) is 5.75 Å². The number of benzene rings is 1. The van der Waals surface area contributed by atoms with Crippen molar-refractivity contribution in [3.63, 3.8) is 0 Å². The number of allylic oxidation sites excluding steroid dienone is 1. The Hall–Kier alpha value is -1.45. The van der Waals surface area contributed by atoms with Gasteiger partial charge in [0, 0.05) is 0 Å². The molecular formula is C13H15F3O. The molecule has 0 aliphatic heterocycles. The highest BCUT2D eigenvalue weighted by Crippen LogP contribution is 2.32. The highest BCUT2D eigenvalue weighted by atomic mass is 19.4. The molecule has 0 aromatic heterocycles. The summed E-state index contributed by atoms with van der Waals surface area (Å²) in [5.41, 5.74) is -0.766. The number of halogens is 3. The normalized spacial score (nSPS) is 11.3. The lowest BCUT2D eigenvalue weighted by molar-refractivity contribution is -0.0686. The number of hydrogen-bond donors (Lipinski definition) is 0. The second kappa shape index (κ2) is 5.75. The molecule has 0 saturated heterocycles. The average molecular weight is 244 g/mol. The molecule has 0 N–H and O–H groups in total. The van der Waals surface area contributed by atoms with Crippen molar-refractivity contribution in [1.29, 1.82) is 0 Å². The highest BCUT2D eigenvalue weighted by molar-refractivity contribution is 5.67. The Morgan fingerprint density at radius 1 is 1.24 bits per heavy atom. The maximum atomic E-state index is 12.4. The Balaban J connectivity index is 2.65. The van der Waals surface area contributed by atoms with Gasteiger partial charge < -0.3 is 4.74 Å². The van der Waals surface area contributed by atoms with Gasteiger partial charge in [0.1, 0.15) is 5.75 Å². The Morgan fingerprint density at radius 3 is 2.29 bits per heavy atom. The van der Waals surface area contributed by atoms with Gasteiger partial charge >= 0.3 is 6.18 Å². The molecule has 4 heteroatoms. The first-order chi connectivity index (χ1) is 7.95. The van der Waals surface area contributed by atoms with Crippen LogP contribution in [0.4, 0.5) is 13.2 Å². The summed E-state index contributed by atoms with van der Waals surface area (Å²) in [4.78, 5) is 0. The third-order valence-electron chi connectivity index (χ3n) is 2.31.